The summed E-state index contributed by atoms with van der Waals surface area (Å²) in [5, 5.41) is 2.51. The van der Waals surface area contributed by atoms with Gasteiger partial charge in [-0.3, -0.25) is 4.79 Å². The maximum absolute atomic E-state index is 13.3. The molecule has 4 nitrogen and oxygen atoms in total. The Bertz CT molecular complexity index is 662. The molecule has 1 N–H and O–H groups in total. The normalized spacial score (nSPS) is 11.5. The number of halogens is 3. The van der Waals surface area contributed by atoms with Gasteiger partial charge in [0.1, 0.15) is 11.5 Å². The number of benzene rings is 1. The minimum absolute atomic E-state index is 0.0593. The number of imidazole rings is 1. The number of amides is 1. The summed E-state index contributed by atoms with van der Waals surface area (Å²) in [4.78, 5) is 15.6. The van der Waals surface area contributed by atoms with Gasteiger partial charge in [0.2, 0.25) is 0 Å². The number of alkyl halides is 2. The average molecular weight is 297 g/mol. The van der Waals surface area contributed by atoms with Crippen molar-refractivity contribution in [2.24, 2.45) is 7.05 Å². The molecule has 2 aromatic rings. The van der Waals surface area contributed by atoms with E-state index in [1.54, 1.807) is 11.6 Å². The monoisotopic (exact) mass is 297 g/mol. The van der Waals surface area contributed by atoms with Crippen LogP contribution in [0.15, 0.2) is 30.7 Å². The van der Waals surface area contributed by atoms with E-state index in [1.807, 2.05) is 0 Å². The molecule has 0 fully saturated rings. The molecule has 0 bridgehead atoms. The van der Waals surface area contributed by atoms with E-state index in [2.05, 4.69) is 10.3 Å². The number of carbonyl (C=O) groups is 1. The first-order valence-electron chi connectivity index (χ1n) is 6.19. The SMILES string of the molecule is Cn1cnc(C(=O)NCc2cc(F)cc(C(C)(F)F)c2)c1. The van der Waals surface area contributed by atoms with E-state index in [0.29, 0.717) is 6.92 Å². The molecule has 0 aliphatic heterocycles. The van der Waals surface area contributed by atoms with E-state index >= 15 is 0 Å². The van der Waals surface area contributed by atoms with Crippen molar-refractivity contribution in [3.8, 4) is 0 Å². The van der Waals surface area contributed by atoms with Crippen molar-refractivity contribution in [1.29, 1.82) is 0 Å². The predicted octanol–water partition coefficient (Wildman–Crippen LogP) is 2.60. The number of aryl methyl sites for hydroxylation is 1. The van der Waals surface area contributed by atoms with Crippen molar-refractivity contribution in [2.45, 2.75) is 19.4 Å². The van der Waals surface area contributed by atoms with Crippen LogP contribution in [0.1, 0.15) is 28.5 Å². The highest BCUT2D eigenvalue weighted by molar-refractivity contribution is 5.91. The third kappa shape index (κ3) is 3.84. The zero-order valence-electron chi connectivity index (χ0n) is 11.5. The van der Waals surface area contributed by atoms with Gasteiger partial charge in [-0.15, -0.1) is 0 Å². The number of hydrogen-bond donors (Lipinski definition) is 1. The van der Waals surface area contributed by atoms with E-state index in [1.165, 1.54) is 18.6 Å². The second-order valence-electron chi connectivity index (χ2n) is 4.84. The smallest absolute Gasteiger partial charge is 0.271 e. The van der Waals surface area contributed by atoms with E-state index in [9.17, 15) is 18.0 Å². The quantitative estimate of drug-likeness (QED) is 0.943. The molecule has 0 saturated heterocycles. The molecule has 2 rings (SSSR count). The largest absolute Gasteiger partial charge is 0.347 e. The standard InChI is InChI=1S/C14H14F3N3O/c1-14(16,17)10-3-9(4-11(15)5-10)6-18-13(21)12-7-20(2)8-19-12/h3-5,7-8H,6H2,1-2H3,(H,18,21). The van der Waals surface area contributed by atoms with Gasteiger partial charge in [0, 0.05) is 32.3 Å². The van der Waals surface area contributed by atoms with Crippen LogP contribution in [0.3, 0.4) is 0 Å². The summed E-state index contributed by atoms with van der Waals surface area (Å²) in [6.45, 7) is 0.633. The van der Waals surface area contributed by atoms with Crippen molar-refractivity contribution in [1.82, 2.24) is 14.9 Å². The van der Waals surface area contributed by atoms with Crippen LogP contribution >= 0.6 is 0 Å². The molecule has 0 aliphatic carbocycles. The van der Waals surface area contributed by atoms with Crippen LogP contribution in [-0.2, 0) is 19.5 Å². The Morgan fingerprint density at radius 2 is 2.10 bits per heavy atom. The lowest BCUT2D eigenvalue weighted by atomic mass is 10.1. The van der Waals surface area contributed by atoms with Crippen molar-refractivity contribution in [3.63, 3.8) is 0 Å². The average Bonchev–Trinajstić information content (AvgIpc) is 2.81. The Morgan fingerprint density at radius 1 is 1.38 bits per heavy atom. The topological polar surface area (TPSA) is 46.9 Å². The van der Waals surface area contributed by atoms with Crippen LogP contribution in [0.5, 0.6) is 0 Å². The second-order valence-corrected chi connectivity index (χ2v) is 4.84. The zero-order valence-corrected chi connectivity index (χ0v) is 11.5. The number of nitrogens with one attached hydrogen (secondary N) is 1. The fraction of sp³-hybridized carbons (Fsp3) is 0.286. The van der Waals surface area contributed by atoms with E-state index in [-0.39, 0.29) is 17.8 Å². The molecule has 1 aromatic carbocycles. The summed E-state index contributed by atoms with van der Waals surface area (Å²) in [5.41, 5.74) is 0.0374. The fourth-order valence-corrected chi connectivity index (χ4v) is 1.81. The van der Waals surface area contributed by atoms with E-state index in [0.717, 1.165) is 12.1 Å². The highest BCUT2D eigenvalue weighted by atomic mass is 19.3. The number of aromatic nitrogens is 2. The highest BCUT2D eigenvalue weighted by Gasteiger charge is 2.25. The van der Waals surface area contributed by atoms with Gasteiger partial charge in [0.05, 0.1) is 6.33 Å². The molecule has 112 valence electrons. The van der Waals surface area contributed by atoms with Crippen LogP contribution in [0.4, 0.5) is 13.2 Å². The molecular weight excluding hydrogens is 283 g/mol. The molecule has 0 spiro atoms. The van der Waals surface area contributed by atoms with Gasteiger partial charge in [-0.2, -0.15) is 0 Å². The summed E-state index contributed by atoms with van der Waals surface area (Å²) in [7, 11) is 1.71. The molecule has 0 saturated carbocycles. The first-order valence-corrected chi connectivity index (χ1v) is 6.19. The summed E-state index contributed by atoms with van der Waals surface area (Å²) >= 11 is 0. The molecule has 0 unspecified atom stereocenters. The summed E-state index contributed by atoms with van der Waals surface area (Å²) in [6, 6.07) is 3.06. The fourth-order valence-electron chi connectivity index (χ4n) is 1.81. The predicted molar refractivity (Wildman–Crippen MR) is 70.3 cm³/mol. The zero-order chi connectivity index (χ0) is 15.6. The molecule has 1 amide bonds. The van der Waals surface area contributed by atoms with Crippen molar-refractivity contribution < 1.29 is 18.0 Å². The molecule has 1 aromatic heterocycles. The van der Waals surface area contributed by atoms with Gasteiger partial charge in [-0.1, -0.05) is 0 Å². The van der Waals surface area contributed by atoms with Crippen LogP contribution in [0, 0.1) is 5.82 Å². The van der Waals surface area contributed by atoms with Crippen LogP contribution < -0.4 is 5.32 Å². The third-order valence-corrected chi connectivity index (χ3v) is 2.86. The minimum Gasteiger partial charge on any atom is -0.347 e. The summed E-state index contributed by atoms with van der Waals surface area (Å²) in [6.07, 6.45) is 2.99. The number of nitrogens with zero attached hydrogens (tertiary/aromatic N) is 2. The van der Waals surface area contributed by atoms with Crippen LogP contribution in [0.2, 0.25) is 0 Å². The van der Waals surface area contributed by atoms with E-state index in [4.69, 9.17) is 0 Å². The first-order chi connectivity index (χ1) is 9.75. The first kappa shape index (κ1) is 15.1. The third-order valence-electron chi connectivity index (χ3n) is 2.86. The molecular formula is C14H14F3N3O. The van der Waals surface area contributed by atoms with Gasteiger partial charge in [0.25, 0.3) is 11.8 Å². The van der Waals surface area contributed by atoms with Crippen molar-refractivity contribution in [3.05, 3.63) is 53.4 Å². The van der Waals surface area contributed by atoms with Gasteiger partial charge in [0.15, 0.2) is 0 Å². The summed E-state index contributed by atoms with van der Waals surface area (Å²) < 4.78 is 41.4. The maximum atomic E-state index is 13.3. The molecule has 0 aliphatic rings. The molecule has 0 atom stereocenters. The number of hydrogen-bond acceptors (Lipinski definition) is 2. The molecule has 0 radical (unpaired) electrons. The van der Waals surface area contributed by atoms with Crippen molar-refractivity contribution >= 4 is 5.91 Å². The second kappa shape index (κ2) is 5.59. The van der Waals surface area contributed by atoms with Crippen molar-refractivity contribution in [2.75, 3.05) is 0 Å². The number of rotatable bonds is 4. The Morgan fingerprint density at radius 3 is 2.67 bits per heavy atom. The van der Waals surface area contributed by atoms with Gasteiger partial charge >= 0.3 is 0 Å². The number of carbonyl (C=O) groups excluding carboxylic acids is 1. The van der Waals surface area contributed by atoms with Crippen LogP contribution in [0.25, 0.3) is 0 Å². The molecule has 21 heavy (non-hydrogen) atoms. The van der Waals surface area contributed by atoms with Crippen LogP contribution in [-0.4, -0.2) is 15.5 Å². The highest BCUT2D eigenvalue weighted by Crippen LogP contribution is 2.28. The lowest BCUT2D eigenvalue weighted by molar-refractivity contribution is 0.0170. The maximum Gasteiger partial charge on any atom is 0.271 e. The summed E-state index contributed by atoms with van der Waals surface area (Å²) in [5.74, 6) is -4.36. The Hall–Kier alpha value is -2.31. The molecule has 7 heteroatoms. The van der Waals surface area contributed by atoms with E-state index < -0.39 is 23.2 Å². The minimum atomic E-state index is -3.14. The Labute approximate surface area is 119 Å². The lowest BCUT2D eigenvalue weighted by Gasteiger charge is -2.12. The van der Waals surface area contributed by atoms with Gasteiger partial charge in [-0.05, 0) is 23.8 Å². The van der Waals surface area contributed by atoms with Gasteiger partial charge in [-0.25, -0.2) is 18.2 Å². The van der Waals surface area contributed by atoms with Gasteiger partial charge < -0.3 is 9.88 Å². The lowest BCUT2D eigenvalue weighted by Crippen LogP contribution is -2.23. The Balaban J connectivity index is 2.10. The molecule has 1 heterocycles. The Kier molecular flexibility index (Phi) is 4.02.